The Morgan fingerprint density at radius 3 is 2.86 bits per heavy atom. The predicted molar refractivity (Wildman–Crippen MR) is 64.5 cm³/mol. The van der Waals surface area contributed by atoms with Crippen LogP contribution < -0.4 is 0 Å². The molecule has 0 aliphatic heterocycles. The van der Waals surface area contributed by atoms with Gasteiger partial charge in [0.25, 0.3) is 0 Å². The molecule has 2 rings (SSSR count). The minimum absolute atomic E-state index is 0.405. The van der Waals surface area contributed by atoms with Crippen molar-refractivity contribution in [2.45, 2.75) is 50.3 Å². The van der Waals surface area contributed by atoms with E-state index in [1.54, 1.807) is 0 Å². The van der Waals surface area contributed by atoms with Crippen LogP contribution in [0.4, 0.5) is 0 Å². The Morgan fingerprint density at radius 2 is 2.14 bits per heavy atom. The third kappa shape index (κ3) is 2.52. The molecule has 0 aromatic carbocycles. The lowest BCUT2D eigenvalue weighted by Crippen LogP contribution is -2.03. The molecule has 1 aromatic heterocycles. The van der Waals surface area contributed by atoms with Crippen molar-refractivity contribution >= 4 is 22.9 Å². The fourth-order valence-corrected chi connectivity index (χ4v) is 3.44. The van der Waals surface area contributed by atoms with Gasteiger partial charge in [-0.05, 0) is 49.1 Å². The molecule has 0 bridgehead atoms. The van der Waals surface area contributed by atoms with E-state index in [2.05, 4.69) is 18.4 Å². The molecule has 0 N–H and O–H groups in total. The Hall–Kier alpha value is -0.0100. The van der Waals surface area contributed by atoms with Gasteiger partial charge in [-0.1, -0.05) is 12.8 Å². The van der Waals surface area contributed by atoms with Crippen LogP contribution in [0.15, 0.2) is 11.4 Å². The van der Waals surface area contributed by atoms with Crippen LogP contribution in [-0.2, 0) is 0 Å². The van der Waals surface area contributed by atoms with Gasteiger partial charge in [-0.2, -0.15) is 0 Å². The summed E-state index contributed by atoms with van der Waals surface area (Å²) in [6.45, 7) is 2.18. The zero-order valence-corrected chi connectivity index (χ0v) is 10.2. The van der Waals surface area contributed by atoms with Gasteiger partial charge < -0.3 is 0 Å². The zero-order chi connectivity index (χ0) is 9.97. The first-order valence-corrected chi connectivity index (χ1v) is 6.76. The average molecular weight is 229 g/mol. The van der Waals surface area contributed by atoms with Crippen molar-refractivity contribution in [3.05, 3.63) is 21.9 Å². The topological polar surface area (TPSA) is 0 Å². The van der Waals surface area contributed by atoms with Crippen molar-refractivity contribution < 1.29 is 0 Å². The molecular formula is C12H17ClS. The first-order valence-electron chi connectivity index (χ1n) is 5.45. The highest BCUT2D eigenvalue weighted by atomic mass is 35.5. The molecule has 2 unspecified atom stereocenters. The van der Waals surface area contributed by atoms with Crippen molar-refractivity contribution in [2.75, 3.05) is 0 Å². The summed E-state index contributed by atoms with van der Waals surface area (Å²) in [7, 11) is 0. The molecule has 1 heterocycles. The van der Waals surface area contributed by atoms with Gasteiger partial charge in [-0.15, -0.1) is 22.9 Å². The van der Waals surface area contributed by atoms with E-state index < -0.39 is 0 Å². The SMILES string of the molecule is Cc1cc(C2CCCCC(Cl)C2)cs1. The molecule has 1 saturated carbocycles. The third-order valence-corrected chi connectivity index (χ3v) is 4.36. The summed E-state index contributed by atoms with van der Waals surface area (Å²) in [5.41, 5.74) is 1.53. The Bertz CT molecular complexity index is 292. The first kappa shape index (κ1) is 10.5. The van der Waals surface area contributed by atoms with E-state index in [0.29, 0.717) is 5.38 Å². The van der Waals surface area contributed by atoms with Crippen LogP contribution in [0.1, 0.15) is 48.5 Å². The molecule has 0 spiro atoms. The summed E-state index contributed by atoms with van der Waals surface area (Å²) < 4.78 is 0. The minimum Gasteiger partial charge on any atom is -0.149 e. The fraction of sp³-hybridized carbons (Fsp3) is 0.667. The van der Waals surface area contributed by atoms with E-state index in [1.807, 2.05) is 11.3 Å². The van der Waals surface area contributed by atoms with Crippen molar-refractivity contribution in [3.63, 3.8) is 0 Å². The monoisotopic (exact) mass is 228 g/mol. The highest BCUT2D eigenvalue weighted by molar-refractivity contribution is 7.10. The summed E-state index contributed by atoms with van der Waals surface area (Å²) in [5.74, 6) is 0.727. The predicted octanol–water partition coefficient (Wildman–Crippen LogP) is 4.71. The van der Waals surface area contributed by atoms with Crippen LogP contribution in [0, 0.1) is 6.92 Å². The van der Waals surface area contributed by atoms with Gasteiger partial charge in [-0.25, -0.2) is 0 Å². The Morgan fingerprint density at radius 1 is 1.36 bits per heavy atom. The number of thiophene rings is 1. The summed E-state index contributed by atoms with van der Waals surface area (Å²) in [6, 6.07) is 2.34. The van der Waals surface area contributed by atoms with Crippen LogP contribution in [-0.4, -0.2) is 5.38 Å². The van der Waals surface area contributed by atoms with Crippen LogP contribution in [0.2, 0.25) is 0 Å². The van der Waals surface area contributed by atoms with Gasteiger partial charge in [0.1, 0.15) is 0 Å². The number of hydrogen-bond donors (Lipinski definition) is 0. The molecule has 1 aromatic rings. The summed E-state index contributed by atoms with van der Waals surface area (Å²) in [5, 5.41) is 2.72. The normalized spacial score (nSPS) is 28.7. The second-order valence-corrected chi connectivity index (χ2v) is 6.04. The van der Waals surface area contributed by atoms with Gasteiger partial charge in [0.05, 0.1) is 0 Å². The van der Waals surface area contributed by atoms with Gasteiger partial charge in [0.2, 0.25) is 0 Å². The van der Waals surface area contributed by atoms with Crippen LogP contribution in [0.5, 0.6) is 0 Å². The maximum absolute atomic E-state index is 6.28. The highest BCUT2D eigenvalue weighted by Crippen LogP contribution is 2.35. The molecule has 0 radical (unpaired) electrons. The van der Waals surface area contributed by atoms with Crippen molar-refractivity contribution in [2.24, 2.45) is 0 Å². The van der Waals surface area contributed by atoms with Gasteiger partial charge >= 0.3 is 0 Å². The maximum atomic E-state index is 6.28. The number of aryl methyl sites for hydroxylation is 1. The fourth-order valence-electron chi connectivity index (χ4n) is 2.28. The summed E-state index contributed by atoms with van der Waals surface area (Å²) in [6.07, 6.45) is 6.38. The maximum Gasteiger partial charge on any atom is 0.0341 e. The van der Waals surface area contributed by atoms with Gasteiger partial charge in [0, 0.05) is 10.3 Å². The zero-order valence-electron chi connectivity index (χ0n) is 8.63. The van der Waals surface area contributed by atoms with E-state index >= 15 is 0 Å². The second kappa shape index (κ2) is 4.67. The highest BCUT2D eigenvalue weighted by Gasteiger charge is 2.20. The standard InChI is InChI=1S/C12H17ClS/c1-9-6-11(8-14-9)10-4-2-3-5-12(13)7-10/h6,8,10,12H,2-5,7H2,1H3. The Balaban J connectivity index is 2.08. The molecule has 14 heavy (non-hydrogen) atoms. The van der Waals surface area contributed by atoms with Crippen LogP contribution >= 0.6 is 22.9 Å². The Labute approximate surface area is 95.3 Å². The minimum atomic E-state index is 0.405. The van der Waals surface area contributed by atoms with E-state index in [1.165, 1.54) is 42.5 Å². The van der Waals surface area contributed by atoms with Crippen LogP contribution in [0.25, 0.3) is 0 Å². The van der Waals surface area contributed by atoms with Crippen molar-refractivity contribution in [1.82, 2.24) is 0 Å². The van der Waals surface area contributed by atoms with Gasteiger partial charge in [-0.3, -0.25) is 0 Å². The number of alkyl halides is 1. The quantitative estimate of drug-likeness (QED) is 0.482. The molecule has 2 heteroatoms. The number of hydrogen-bond acceptors (Lipinski definition) is 1. The largest absolute Gasteiger partial charge is 0.149 e. The smallest absolute Gasteiger partial charge is 0.0341 e. The van der Waals surface area contributed by atoms with Crippen LogP contribution in [0.3, 0.4) is 0 Å². The molecule has 1 aliphatic carbocycles. The molecule has 2 atom stereocenters. The molecule has 1 fully saturated rings. The molecule has 0 amide bonds. The summed E-state index contributed by atoms with van der Waals surface area (Å²) >= 11 is 8.14. The summed E-state index contributed by atoms with van der Waals surface area (Å²) in [4.78, 5) is 1.43. The van der Waals surface area contributed by atoms with Crippen molar-refractivity contribution in [1.29, 1.82) is 0 Å². The number of rotatable bonds is 1. The number of halogens is 1. The lowest BCUT2D eigenvalue weighted by Gasteiger charge is -2.14. The van der Waals surface area contributed by atoms with E-state index in [-0.39, 0.29) is 0 Å². The van der Waals surface area contributed by atoms with E-state index in [4.69, 9.17) is 11.6 Å². The lowest BCUT2D eigenvalue weighted by atomic mass is 9.94. The average Bonchev–Trinajstić information content (AvgIpc) is 2.45. The lowest BCUT2D eigenvalue weighted by molar-refractivity contribution is 0.597. The van der Waals surface area contributed by atoms with Gasteiger partial charge in [0.15, 0.2) is 0 Å². The molecular weight excluding hydrogens is 212 g/mol. The molecule has 78 valence electrons. The molecule has 0 nitrogen and oxygen atoms in total. The second-order valence-electron chi connectivity index (χ2n) is 4.31. The van der Waals surface area contributed by atoms with E-state index in [9.17, 15) is 0 Å². The van der Waals surface area contributed by atoms with Crippen molar-refractivity contribution in [3.8, 4) is 0 Å². The molecule has 1 aliphatic rings. The first-order chi connectivity index (χ1) is 6.75. The molecule has 0 saturated heterocycles. The Kier molecular flexibility index (Phi) is 3.51. The third-order valence-electron chi connectivity index (χ3n) is 3.08. The van der Waals surface area contributed by atoms with E-state index in [0.717, 1.165) is 5.92 Å².